The number of urea groups is 1. The SMILES string of the molecule is COc1ccc(CP(=O)([O-])OP(=O)([O-])OC[C@H]2O[C@@H](N3C=CC4NC(c5ccc(Br)cc5)=CN4C3=O)[C@@H](O)C2O)cc1. The first-order valence-corrected chi connectivity index (χ1v) is 16.5. The second kappa shape index (κ2) is 12.2. The smallest absolute Gasteiger partial charge is 0.332 e. The van der Waals surface area contributed by atoms with Crippen molar-refractivity contribution in [1.82, 2.24) is 15.1 Å². The minimum atomic E-state index is -5.43. The fourth-order valence-corrected chi connectivity index (χ4v) is 7.46. The van der Waals surface area contributed by atoms with Crippen LogP contribution in [0.4, 0.5) is 4.79 Å². The molecule has 3 aliphatic heterocycles. The van der Waals surface area contributed by atoms with E-state index in [0.717, 1.165) is 14.9 Å². The maximum Gasteiger partial charge on any atom is 0.332 e. The van der Waals surface area contributed by atoms with Gasteiger partial charge in [-0.3, -0.25) is 18.7 Å². The summed E-state index contributed by atoms with van der Waals surface area (Å²) in [6, 6.07) is 12.7. The van der Waals surface area contributed by atoms with Crippen molar-refractivity contribution in [1.29, 1.82) is 0 Å². The molecule has 2 aromatic carbocycles. The number of aliphatic hydroxyl groups excluding tert-OH is 2. The minimum Gasteiger partial charge on any atom is -0.778 e. The standard InChI is InChI=1S/C25H28BrN3O11P2/c1-37-18-8-2-15(3-9-18)14-41(33,34)40-42(35,36)38-13-20-22(30)23(31)24(39-20)28-11-10-21-27-19(12-29(21)25(28)32)16-4-6-17(26)7-5-16/h2-12,20-24,27,30-31H,13-14H2,1H3,(H,33,34)(H,35,36)/p-2/t20-,21?,22?,23+,24-/m1/s1. The van der Waals surface area contributed by atoms with Crippen molar-refractivity contribution in [2.45, 2.75) is 36.9 Å². The topological polar surface area (TPSA) is 193 Å². The summed E-state index contributed by atoms with van der Waals surface area (Å²) < 4.78 is 45.1. The summed E-state index contributed by atoms with van der Waals surface area (Å²) in [5, 5.41) is 24.3. The van der Waals surface area contributed by atoms with Crippen molar-refractivity contribution in [3.63, 3.8) is 0 Å². The number of carbonyl (C=O) groups is 1. The van der Waals surface area contributed by atoms with E-state index in [1.165, 1.54) is 42.5 Å². The Labute approximate surface area is 249 Å². The highest BCUT2D eigenvalue weighted by Gasteiger charge is 2.49. The van der Waals surface area contributed by atoms with Crippen LogP contribution in [0.1, 0.15) is 11.1 Å². The predicted molar refractivity (Wildman–Crippen MR) is 147 cm³/mol. The van der Waals surface area contributed by atoms with Gasteiger partial charge < -0.3 is 43.9 Å². The molecule has 1 fully saturated rings. The summed E-state index contributed by atoms with van der Waals surface area (Å²) in [7, 11) is -8.95. The molecule has 3 aliphatic rings. The van der Waals surface area contributed by atoms with E-state index >= 15 is 0 Å². The van der Waals surface area contributed by atoms with Crippen molar-refractivity contribution in [2.75, 3.05) is 13.7 Å². The molecule has 1 saturated heterocycles. The summed E-state index contributed by atoms with van der Waals surface area (Å²) in [5.41, 5.74) is 1.77. The Morgan fingerprint density at radius 1 is 1.05 bits per heavy atom. The van der Waals surface area contributed by atoms with Gasteiger partial charge in [0.25, 0.3) is 7.82 Å². The van der Waals surface area contributed by atoms with Crippen molar-refractivity contribution >= 4 is 43.1 Å². The molecule has 3 N–H and O–H groups in total. The second-order valence-electron chi connectivity index (χ2n) is 9.57. The lowest BCUT2D eigenvalue weighted by Crippen LogP contribution is -2.54. The van der Waals surface area contributed by atoms with Crippen molar-refractivity contribution in [3.05, 3.63) is 82.6 Å². The van der Waals surface area contributed by atoms with Gasteiger partial charge in [0, 0.05) is 23.0 Å². The van der Waals surface area contributed by atoms with Gasteiger partial charge in [-0.1, -0.05) is 40.2 Å². The Hall–Kier alpha value is -2.55. The molecule has 0 bridgehead atoms. The van der Waals surface area contributed by atoms with Gasteiger partial charge in [-0.25, -0.2) is 4.79 Å². The molecule has 0 saturated carbocycles. The number of phosphoric ester groups is 1. The van der Waals surface area contributed by atoms with Crippen LogP contribution in [0.15, 0.2) is 71.5 Å². The lowest BCUT2D eigenvalue weighted by atomic mass is 10.1. The third-order valence-corrected chi connectivity index (χ3v) is 10.2. The third kappa shape index (κ3) is 6.81. The maximum absolute atomic E-state index is 13.3. The molecule has 42 heavy (non-hydrogen) atoms. The number of aliphatic hydroxyl groups is 2. The van der Waals surface area contributed by atoms with E-state index in [-0.39, 0.29) is 5.56 Å². The van der Waals surface area contributed by atoms with Crippen LogP contribution in [0, 0.1) is 0 Å². The summed E-state index contributed by atoms with van der Waals surface area (Å²) in [6.45, 7) is -0.884. The molecule has 2 amide bonds. The molecule has 3 heterocycles. The number of phosphoric acid groups is 1. The molecule has 0 spiro atoms. The monoisotopic (exact) mass is 685 g/mol. The number of amides is 2. The first-order valence-electron chi connectivity index (χ1n) is 12.5. The van der Waals surface area contributed by atoms with E-state index in [0.29, 0.717) is 11.4 Å². The summed E-state index contributed by atoms with van der Waals surface area (Å²) >= 11 is 3.38. The largest absolute Gasteiger partial charge is 0.778 e. The van der Waals surface area contributed by atoms with Gasteiger partial charge in [0.15, 0.2) is 6.23 Å². The van der Waals surface area contributed by atoms with Crippen LogP contribution in [0.2, 0.25) is 0 Å². The van der Waals surface area contributed by atoms with Gasteiger partial charge in [-0.2, -0.15) is 0 Å². The Balaban J connectivity index is 1.19. The Morgan fingerprint density at radius 2 is 1.74 bits per heavy atom. The first kappa shape index (κ1) is 30.9. The average molecular weight is 686 g/mol. The van der Waals surface area contributed by atoms with Crippen LogP contribution in [0.5, 0.6) is 5.75 Å². The average Bonchev–Trinajstić information content (AvgIpc) is 3.50. The van der Waals surface area contributed by atoms with Gasteiger partial charge in [0.2, 0.25) is 0 Å². The fraction of sp³-hybridized carbons (Fsp3) is 0.320. The number of hydrogen-bond donors (Lipinski definition) is 3. The number of nitrogens with one attached hydrogen (secondary N) is 1. The first-order chi connectivity index (χ1) is 19.9. The number of carbonyl (C=O) groups excluding carboxylic acids is 1. The van der Waals surface area contributed by atoms with Gasteiger partial charge in [-0.15, -0.1) is 0 Å². The number of methoxy groups -OCH3 is 1. The van der Waals surface area contributed by atoms with Crippen LogP contribution >= 0.6 is 31.3 Å². The third-order valence-electron chi connectivity index (χ3n) is 6.67. The van der Waals surface area contributed by atoms with E-state index in [9.17, 15) is 33.9 Å². The fourth-order valence-electron chi connectivity index (χ4n) is 4.57. The van der Waals surface area contributed by atoms with Crippen LogP contribution in [-0.2, 0) is 28.9 Å². The highest BCUT2D eigenvalue weighted by Crippen LogP contribution is 2.56. The quantitative estimate of drug-likeness (QED) is 0.307. The van der Waals surface area contributed by atoms with E-state index in [1.54, 1.807) is 12.3 Å². The van der Waals surface area contributed by atoms with Crippen LogP contribution in [0.25, 0.3) is 5.70 Å². The molecule has 0 aromatic heterocycles. The number of rotatable bonds is 10. The summed E-state index contributed by atoms with van der Waals surface area (Å²) in [4.78, 5) is 40.3. The van der Waals surface area contributed by atoms with E-state index in [1.807, 2.05) is 24.3 Å². The zero-order chi connectivity index (χ0) is 30.2. The lowest BCUT2D eigenvalue weighted by molar-refractivity contribution is -0.234. The molecule has 0 radical (unpaired) electrons. The van der Waals surface area contributed by atoms with Gasteiger partial charge in [0.05, 0.1) is 19.4 Å². The van der Waals surface area contributed by atoms with Crippen LogP contribution in [0.3, 0.4) is 0 Å². The zero-order valence-electron chi connectivity index (χ0n) is 21.9. The number of halogens is 1. The van der Waals surface area contributed by atoms with Crippen LogP contribution in [-0.4, -0.2) is 70.5 Å². The number of benzene rings is 2. The summed E-state index contributed by atoms with van der Waals surface area (Å²) in [5.74, 6) is 0.481. The van der Waals surface area contributed by atoms with Gasteiger partial charge in [0.1, 0.15) is 37.8 Å². The summed E-state index contributed by atoms with van der Waals surface area (Å²) in [6.07, 6.45) is -2.74. The van der Waals surface area contributed by atoms with Crippen LogP contribution < -0.4 is 19.8 Å². The number of nitrogens with zero attached hydrogens (tertiary/aromatic N) is 2. The molecule has 5 rings (SSSR count). The number of hydrogen-bond acceptors (Lipinski definition) is 12. The van der Waals surface area contributed by atoms with E-state index in [4.69, 9.17) is 9.47 Å². The van der Waals surface area contributed by atoms with Gasteiger partial charge >= 0.3 is 6.03 Å². The Bertz CT molecular complexity index is 1470. The zero-order valence-corrected chi connectivity index (χ0v) is 25.3. The maximum atomic E-state index is 13.3. The number of fused-ring (bicyclic) bond motifs is 1. The molecule has 17 heteroatoms. The molecule has 226 valence electrons. The van der Waals surface area contributed by atoms with E-state index < -0.39 is 64.9 Å². The lowest BCUT2D eigenvalue weighted by Gasteiger charge is -2.35. The minimum absolute atomic E-state index is 0.253. The molecule has 7 atom stereocenters. The van der Waals surface area contributed by atoms with Gasteiger partial charge in [-0.05, 0) is 41.5 Å². The Morgan fingerprint density at radius 3 is 2.40 bits per heavy atom. The molecule has 2 aromatic rings. The van der Waals surface area contributed by atoms with E-state index in [2.05, 4.69) is 30.1 Å². The highest BCUT2D eigenvalue weighted by atomic mass is 79.9. The molecular formula is C25H26BrN3O11P2-2. The van der Waals surface area contributed by atoms with Crippen molar-refractivity contribution in [2.24, 2.45) is 0 Å². The second-order valence-corrected chi connectivity index (χ2v) is 13.8. The molecule has 4 unspecified atom stereocenters. The predicted octanol–water partition coefficient (Wildman–Crippen LogP) is 1.64. The molecular weight excluding hydrogens is 660 g/mol. The highest BCUT2D eigenvalue weighted by molar-refractivity contribution is 9.10. The Kier molecular flexibility index (Phi) is 8.98. The number of ether oxygens (including phenoxy) is 2. The normalized spacial score (nSPS) is 28.1. The van der Waals surface area contributed by atoms with Crippen molar-refractivity contribution in [3.8, 4) is 5.75 Å². The molecule has 14 nitrogen and oxygen atoms in total. The van der Waals surface area contributed by atoms with Crippen molar-refractivity contribution < 1.29 is 52.2 Å². The molecule has 0 aliphatic carbocycles.